The fraction of sp³-hybridized carbons (Fsp3) is 0.133. The van der Waals surface area contributed by atoms with E-state index in [1.165, 1.54) is 0 Å². The summed E-state index contributed by atoms with van der Waals surface area (Å²) in [6, 6.07) is 34.8. The molecule has 0 saturated heterocycles. The lowest BCUT2D eigenvalue weighted by atomic mass is 9.88. The summed E-state index contributed by atoms with van der Waals surface area (Å²) < 4.78 is 0. The molecule has 0 heterocycles. The van der Waals surface area contributed by atoms with E-state index in [2.05, 4.69) is 10.6 Å². The number of carbonyl (C=O) groups excluding carboxylic acids is 2. The zero-order chi connectivity index (χ0) is 24.5. The van der Waals surface area contributed by atoms with E-state index in [1.807, 2.05) is 91.0 Å². The molecule has 4 rings (SSSR count). The molecule has 0 atom stereocenters. The molecule has 0 fully saturated rings. The third-order valence-corrected chi connectivity index (χ3v) is 6.17. The lowest BCUT2D eigenvalue weighted by Crippen LogP contribution is -2.26. The van der Waals surface area contributed by atoms with Gasteiger partial charge >= 0.3 is 0 Å². The number of amides is 2. The normalized spacial score (nSPS) is 10.7. The van der Waals surface area contributed by atoms with Gasteiger partial charge in [0.15, 0.2) is 0 Å². The third kappa shape index (κ3) is 6.81. The van der Waals surface area contributed by atoms with Gasteiger partial charge in [0.1, 0.15) is 0 Å². The molecule has 0 unspecified atom stereocenters. The molecule has 35 heavy (non-hydrogen) atoms. The molecule has 176 valence electrons. The molecule has 5 heteroatoms. The molecule has 0 radical (unpaired) electrons. The Labute approximate surface area is 211 Å². The minimum Gasteiger partial charge on any atom is -0.352 e. The average Bonchev–Trinajstić information content (AvgIpc) is 2.90. The first-order valence-electron chi connectivity index (χ1n) is 11.6. The second-order valence-electron chi connectivity index (χ2n) is 8.31. The molecule has 0 spiro atoms. The van der Waals surface area contributed by atoms with Gasteiger partial charge in [0.05, 0.1) is 10.7 Å². The van der Waals surface area contributed by atoms with Crippen molar-refractivity contribution in [2.24, 2.45) is 0 Å². The minimum atomic E-state index is -0.209. The molecule has 0 bridgehead atoms. The molecule has 2 amide bonds. The molecule has 4 aromatic carbocycles. The molecule has 0 saturated carbocycles. The summed E-state index contributed by atoms with van der Waals surface area (Å²) in [6.07, 6.45) is 0.988. The zero-order valence-electron chi connectivity index (χ0n) is 19.3. The largest absolute Gasteiger partial charge is 0.352 e. The van der Waals surface area contributed by atoms with Crippen molar-refractivity contribution in [1.82, 2.24) is 5.32 Å². The van der Waals surface area contributed by atoms with Crippen LogP contribution in [0.25, 0.3) is 0 Å². The van der Waals surface area contributed by atoms with Gasteiger partial charge in [0, 0.05) is 24.4 Å². The smallest absolute Gasteiger partial charge is 0.251 e. The molecular weight excluding hydrogens is 456 g/mol. The van der Waals surface area contributed by atoms with Gasteiger partial charge in [-0.25, -0.2) is 0 Å². The highest BCUT2D eigenvalue weighted by molar-refractivity contribution is 6.33. The molecule has 0 aliphatic carbocycles. The van der Waals surface area contributed by atoms with E-state index < -0.39 is 0 Å². The monoisotopic (exact) mass is 482 g/mol. The minimum absolute atomic E-state index is 0.0966. The Balaban J connectivity index is 1.42. The van der Waals surface area contributed by atoms with Crippen molar-refractivity contribution < 1.29 is 9.59 Å². The van der Waals surface area contributed by atoms with Crippen LogP contribution in [0.15, 0.2) is 109 Å². The van der Waals surface area contributed by atoms with Gasteiger partial charge in [-0.1, -0.05) is 103 Å². The fourth-order valence-electron chi connectivity index (χ4n) is 4.01. The Morgan fingerprint density at radius 1 is 0.743 bits per heavy atom. The highest BCUT2D eigenvalue weighted by Gasteiger charge is 2.19. The predicted octanol–water partition coefficient (Wildman–Crippen LogP) is 6.47. The van der Waals surface area contributed by atoms with E-state index in [0.717, 1.165) is 23.1 Å². The van der Waals surface area contributed by atoms with Crippen molar-refractivity contribution in [2.45, 2.75) is 18.8 Å². The second kappa shape index (κ2) is 12.0. The van der Waals surface area contributed by atoms with E-state index in [-0.39, 0.29) is 24.2 Å². The Morgan fingerprint density at radius 3 is 1.91 bits per heavy atom. The molecule has 4 aromatic rings. The Kier molecular flexibility index (Phi) is 8.31. The van der Waals surface area contributed by atoms with E-state index in [0.29, 0.717) is 22.8 Å². The maximum absolute atomic E-state index is 13.1. The van der Waals surface area contributed by atoms with Gasteiger partial charge in [0.25, 0.3) is 5.91 Å². The summed E-state index contributed by atoms with van der Waals surface area (Å²) in [6.45, 7) is 0.517. The summed E-state index contributed by atoms with van der Waals surface area (Å²) in [4.78, 5) is 25.7. The van der Waals surface area contributed by atoms with Crippen LogP contribution in [0.4, 0.5) is 5.69 Å². The van der Waals surface area contributed by atoms with Crippen molar-refractivity contribution >= 4 is 29.1 Å². The van der Waals surface area contributed by atoms with Gasteiger partial charge in [-0.2, -0.15) is 0 Å². The highest BCUT2D eigenvalue weighted by atomic mass is 35.5. The average molecular weight is 483 g/mol. The number of carbonyl (C=O) groups is 2. The van der Waals surface area contributed by atoms with E-state index in [4.69, 9.17) is 11.6 Å². The van der Waals surface area contributed by atoms with Crippen LogP contribution in [0.5, 0.6) is 0 Å². The van der Waals surface area contributed by atoms with Crippen LogP contribution in [0.3, 0.4) is 0 Å². The van der Waals surface area contributed by atoms with E-state index in [9.17, 15) is 9.59 Å². The first kappa shape index (κ1) is 24.2. The molecule has 2 N–H and O–H groups in total. The maximum Gasteiger partial charge on any atom is 0.251 e. The van der Waals surface area contributed by atoms with Gasteiger partial charge < -0.3 is 10.6 Å². The summed E-state index contributed by atoms with van der Waals surface area (Å²) in [5.74, 6) is -0.480. The number of nitrogens with one attached hydrogen (secondary N) is 2. The van der Waals surface area contributed by atoms with Crippen LogP contribution >= 0.6 is 11.6 Å². The zero-order valence-corrected chi connectivity index (χ0v) is 20.0. The number of rotatable bonds is 9. The van der Waals surface area contributed by atoms with Crippen molar-refractivity contribution in [2.75, 3.05) is 11.9 Å². The predicted molar refractivity (Wildman–Crippen MR) is 142 cm³/mol. The third-order valence-electron chi connectivity index (χ3n) is 5.84. The number of hydrogen-bond donors (Lipinski definition) is 2. The van der Waals surface area contributed by atoms with E-state index >= 15 is 0 Å². The highest BCUT2D eigenvalue weighted by Crippen LogP contribution is 2.29. The van der Waals surface area contributed by atoms with Gasteiger partial charge in [-0.3, -0.25) is 9.59 Å². The Hall–Kier alpha value is -3.89. The number of halogens is 1. The second-order valence-corrected chi connectivity index (χ2v) is 8.72. The Bertz CT molecular complexity index is 1220. The SMILES string of the molecule is O=C(CC(c1ccccc1)c1ccccc1)Nc1cc(C(=O)NCCc2ccccc2)ccc1Cl. The number of hydrogen-bond acceptors (Lipinski definition) is 2. The van der Waals surface area contributed by atoms with Crippen molar-refractivity contribution in [3.63, 3.8) is 0 Å². The summed E-state index contributed by atoms with van der Waals surface area (Å²) >= 11 is 6.35. The standard InChI is InChI=1S/C30H27ClN2O2/c31-27-17-16-25(30(35)32-19-18-22-10-4-1-5-11-22)20-28(27)33-29(34)21-26(23-12-6-2-7-13-23)24-14-8-3-9-15-24/h1-17,20,26H,18-19,21H2,(H,32,35)(H,33,34). The van der Waals surface area contributed by atoms with Gasteiger partial charge in [-0.05, 0) is 41.3 Å². The molecule has 4 nitrogen and oxygen atoms in total. The molecule has 0 aromatic heterocycles. The van der Waals surface area contributed by atoms with Crippen LogP contribution in [0.1, 0.15) is 39.4 Å². The number of anilines is 1. The van der Waals surface area contributed by atoms with Gasteiger partial charge in [0.2, 0.25) is 5.91 Å². The first-order valence-corrected chi connectivity index (χ1v) is 12.0. The van der Waals surface area contributed by atoms with Crippen molar-refractivity contribution in [3.8, 4) is 0 Å². The molecule has 0 aliphatic rings. The van der Waals surface area contributed by atoms with Crippen LogP contribution in [-0.2, 0) is 11.2 Å². The molecule has 0 aliphatic heterocycles. The molecular formula is C30H27ClN2O2. The number of benzene rings is 4. The van der Waals surface area contributed by atoms with Crippen LogP contribution in [0.2, 0.25) is 5.02 Å². The van der Waals surface area contributed by atoms with E-state index in [1.54, 1.807) is 18.2 Å². The van der Waals surface area contributed by atoms with Crippen LogP contribution < -0.4 is 10.6 Å². The fourth-order valence-corrected chi connectivity index (χ4v) is 4.18. The maximum atomic E-state index is 13.1. The quantitative estimate of drug-likeness (QED) is 0.287. The van der Waals surface area contributed by atoms with Gasteiger partial charge in [-0.15, -0.1) is 0 Å². The summed E-state index contributed by atoms with van der Waals surface area (Å²) in [7, 11) is 0. The van der Waals surface area contributed by atoms with Crippen LogP contribution in [0, 0.1) is 0 Å². The Morgan fingerprint density at radius 2 is 1.31 bits per heavy atom. The van der Waals surface area contributed by atoms with Crippen LogP contribution in [-0.4, -0.2) is 18.4 Å². The lowest BCUT2D eigenvalue weighted by molar-refractivity contribution is -0.116. The summed E-state index contributed by atoms with van der Waals surface area (Å²) in [5.41, 5.74) is 4.15. The van der Waals surface area contributed by atoms with Crippen molar-refractivity contribution in [3.05, 3.63) is 136 Å². The first-order chi connectivity index (χ1) is 17.1. The topological polar surface area (TPSA) is 58.2 Å². The lowest BCUT2D eigenvalue weighted by Gasteiger charge is -2.18. The summed E-state index contributed by atoms with van der Waals surface area (Å²) in [5, 5.41) is 6.22. The van der Waals surface area contributed by atoms with Crippen molar-refractivity contribution in [1.29, 1.82) is 0 Å².